The van der Waals surface area contributed by atoms with Crippen LogP contribution in [0.1, 0.15) is 49.9 Å². The molecule has 0 saturated carbocycles. The highest BCUT2D eigenvalue weighted by Crippen LogP contribution is 2.12. The highest BCUT2D eigenvalue weighted by atomic mass is 16.3. The quantitative estimate of drug-likeness (QED) is 0.782. The number of pyridine rings is 1. The summed E-state index contributed by atoms with van der Waals surface area (Å²) < 4.78 is 0. The SMILES string of the molecule is CCCCC(CC)CNC(=O)c1cncc(O)c1. The van der Waals surface area contributed by atoms with E-state index < -0.39 is 0 Å². The average molecular weight is 250 g/mol. The molecule has 1 atom stereocenters. The van der Waals surface area contributed by atoms with E-state index in [4.69, 9.17) is 0 Å². The van der Waals surface area contributed by atoms with Gasteiger partial charge in [0.25, 0.3) is 5.91 Å². The molecule has 0 aromatic carbocycles. The molecule has 0 aliphatic heterocycles. The Morgan fingerprint density at radius 1 is 1.44 bits per heavy atom. The summed E-state index contributed by atoms with van der Waals surface area (Å²) in [6.07, 6.45) is 7.36. The summed E-state index contributed by atoms with van der Waals surface area (Å²) in [5, 5.41) is 12.2. The van der Waals surface area contributed by atoms with Gasteiger partial charge in [0.2, 0.25) is 0 Å². The van der Waals surface area contributed by atoms with Crippen molar-refractivity contribution in [1.82, 2.24) is 10.3 Å². The van der Waals surface area contributed by atoms with Crippen LogP contribution in [0.2, 0.25) is 0 Å². The number of carbonyl (C=O) groups is 1. The van der Waals surface area contributed by atoms with Crippen LogP contribution in [0.3, 0.4) is 0 Å². The van der Waals surface area contributed by atoms with E-state index >= 15 is 0 Å². The van der Waals surface area contributed by atoms with Gasteiger partial charge >= 0.3 is 0 Å². The molecule has 1 aromatic rings. The van der Waals surface area contributed by atoms with Gasteiger partial charge in [-0.25, -0.2) is 0 Å². The number of nitrogens with zero attached hydrogens (tertiary/aromatic N) is 1. The van der Waals surface area contributed by atoms with Gasteiger partial charge in [-0.2, -0.15) is 0 Å². The molecule has 0 fully saturated rings. The molecule has 2 N–H and O–H groups in total. The molecule has 1 unspecified atom stereocenters. The summed E-state index contributed by atoms with van der Waals surface area (Å²) in [6, 6.07) is 1.43. The molecule has 0 radical (unpaired) electrons. The first-order chi connectivity index (χ1) is 8.67. The third-order valence-electron chi connectivity index (χ3n) is 3.08. The Hall–Kier alpha value is -1.58. The maximum Gasteiger partial charge on any atom is 0.252 e. The smallest absolute Gasteiger partial charge is 0.252 e. The van der Waals surface area contributed by atoms with E-state index in [0.717, 1.165) is 12.8 Å². The van der Waals surface area contributed by atoms with E-state index in [2.05, 4.69) is 24.1 Å². The number of hydrogen-bond acceptors (Lipinski definition) is 3. The molecular weight excluding hydrogens is 228 g/mol. The van der Waals surface area contributed by atoms with Gasteiger partial charge in [0, 0.05) is 12.7 Å². The first-order valence-corrected chi connectivity index (χ1v) is 6.59. The number of aromatic nitrogens is 1. The minimum Gasteiger partial charge on any atom is -0.506 e. The summed E-state index contributed by atoms with van der Waals surface area (Å²) >= 11 is 0. The third kappa shape index (κ3) is 4.73. The van der Waals surface area contributed by atoms with Crippen LogP contribution in [0.5, 0.6) is 5.75 Å². The minimum absolute atomic E-state index is 0.0145. The molecule has 4 heteroatoms. The second-order valence-electron chi connectivity index (χ2n) is 4.56. The van der Waals surface area contributed by atoms with Gasteiger partial charge < -0.3 is 10.4 Å². The molecule has 18 heavy (non-hydrogen) atoms. The van der Waals surface area contributed by atoms with Crippen molar-refractivity contribution >= 4 is 5.91 Å². The monoisotopic (exact) mass is 250 g/mol. The topological polar surface area (TPSA) is 62.2 Å². The number of carbonyl (C=O) groups excluding carboxylic acids is 1. The van der Waals surface area contributed by atoms with Crippen molar-refractivity contribution in [3.8, 4) is 5.75 Å². The highest BCUT2D eigenvalue weighted by molar-refractivity contribution is 5.94. The number of amides is 1. The van der Waals surface area contributed by atoms with E-state index in [1.807, 2.05) is 0 Å². The average Bonchev–Trinajstić information content (AvgIpc) is 2.38. The van der Waals surface area contributed by atoms with Gasteiger partial charge in [-0.1, -0.05) is 33.1 Å². The Balaban J connectivity index is 2.44. The zero-order chi connectivity index (χ0) is 13.4. The van der Waals surface area contributed by atoms with Crippen LogP contribution in [0.25, 0.3) is 0 Å². The predicted molar refractivity (Wildman–Crippen MR) is 71.5 cm³/mol. The van der Waals surface area contributed by atoms with E-state index in [1.165, 1.54) is 31.3 Å². The zero-order valence-corrected chi connectivity index (χ0v) is 11.1. The molecule has 1 heterocycles. The number of hydrogen-bond donors (Lipinski definition) is 2. The fraction of sp³-hybridized carbons (Fsp3) is 0.571. The van der Waals surface area contributed by atoms with Crippen LogP contribution in [0, 0.1) is 5.92 Å². The maximum absolute atomic E-state index is 11.8. The van der Waals surface area contributed by atoms with E-state index in [-0.39, 0.29) is 11.7 Å². The molecule has 0 aliphatic rings. The lowest BCUT2D eigenvalue weighted by Crippen LogP contribution is -2.29. The first kappa shape index (κ1) is 14.5. The number of rotatable bonds is 7. The van der Waals surface area contributed by atoms with Gasteiger partial charge in [-0.05, 0) is 18.4 Å². The first-order valence-electron chi connectivity index (χ1n) is 6.59. The van der Waals surface area contributed by atoms with Gasteiger partial charge in [0.15, 0.2) is 0 Å². The summed E-state index contributed by atoms with van der Waals surface area (Å²) in [7, 11) is 0. The van der Waals surface area contributed by atoms with Crippen LogP contribution in [0.4, 0.5) is 0 Å². The molecule has 0 aliphatic carbocycles. The van der Waals surface area contributed by atoms with Crippen LogP contribution in [-0.2, 0) is 0 Å². The van der Waals surface area contributed by atoms with Gasteiger partial charge in [-0.15, -0.1) is 0 Å². The molecule has 0 saturated heterocycles. The van der Waals surface area contributed by atoms with Crippen molar-refractivity contribution in [3.63, 3.8) is 0 Å². The number of aromatic hydroxyl groups is 1. The molecule has 1 rings (SSSR count). The maximum atomic E-state index is 11.8. The Bertz CT molecular complexity index is 380. The summed E-state index contributed by atoms with van der Waals surface area (Å²) in [5.41, 5.74) is 0.403. The van der Waals surface area contributed by atoms with Crippen molar-refractivity contribution < 1.29 is 9.90 Å². The van der Waals surface area contributed by atoms with Crippen LogP contribution in [-0.4, -0.2) is 22.5 Å². The van der Waals surface area contributed by atoms with E-state index in [1.54, 1.807) is 0 Å². The molecule has 1 amide bonds. The highest BCUT2D eigenvalue weighted by Gasteiger charge is 2.10. The molecule has 0 bridgehead atoms. The molecular formula is C14H22N2O2. The Kier molecular flexibility index (Phi) is 6.19. The largest absolute Gasteiger partial charge is 0.506 e. The summed E-state index contributed by atoms with van der Waals surface area (Å²) in [5.74, 6) is 0.369. The zero-order valence-electron chi connectivity index (χ0n) is 11.1. The lowest BCUT2D eigenvalue weighted by Gasteiger charge is -2.15. The summed E-state index contributed by atoms with van der Waals surface area (Å²) in [4.78, 5) is 15.6. The Morgan fingerprint density at radius 2 is 2.22 bits per heavy atom. The van der Waals surface area contributed by atoms with E-state index in [0.29, 0.717) is 18.0 Å². The van der Waals surface area contributed by atoms with Gasteiger partial charge in [0.05, 0.1) is 11.8 Å². The Morgan fingerprint density at radius 3 is 2.83 bits per heavy atom. The van der Waals surface area contributed by atoms with Gasteiger partial charge in [0.1, 0.15) is 5.75 Å². The summed E-state index contributed by atoms with van der Waals surface area (Å²) in [6.45, 7) is 5.00. The second-order valence-corrected chi connectivity index (χ2v) is 4.56. The number of unbranched alkanes of at least 4 members (excludes halogenated alkanes) is 1. The van der Waals surface area contributed by atoms with Crippen molar-refractivity contribution in [2.45, 2.75) is 39.5 Å². The lowest BCUT2D eigenvalue weighted by atomic mass is 9.99. The molecule has 0 spiro atoms. The molecule has 1 aromatic heterocycles. The number of nitrogens with one attached hydrogen (secondary N) is 1. The lowest BCUT2D eigenvalue weighted by molar-refractivity contribution is 0.0945. The second kappa shape index (κ2) is 7.69. The van der Waals surface area contributed by atoms with Crippen LogP contribution in [0.15, 0.2) is 18.5 Å². The van der Waals surface area contributed by atoms with Gasteiger partial charge in [-0.3, -0.25) is 9.78 Å². The minimum atomic E-state index is -0.173. The van der Waals surface area contributed by atoms with Crippen molar-refractivity contribution in [1.29, 1.82) is 0 Å². The predicted octanol–water partition coefficient (Wildman–Crippen LogP) is 2.73. The fourth-order valence-corrected chi connectivity index (χ4v) is 1.83. The van der Waals surface area contributed by atoms with Crippen molar-refractivity contribution in [2.75, 3.05) is 6.54 Å². The van der Waals surface area contributed by atoms with Crippen molar-refractivity contribution in [3.05, 3.63) is 24.0 Å². The fourth-order valence-electron chi connectivity index (χ4n) is 1.83. The molecule has 4 nitrogen and oxygen atoms in total. The van der Waals surface area contributed by atoms with Crippen LogP contribution < -0.4 is 5.32 Å². The van der Waals surface area contributed by atoms with Crippen LogP contribution >= 0.6 is 0 Å². The Labute approximate surface area is 108 Å². The standard InChI is InChI=1S/C14H22N2O2/c1-3-5-6-11(4-2)8-16-14(18)12-7-13(17)10-15-9-12/h7,9-11,17H,3-6,8H2,1-2H3,(H,16,18). The van der Waals surface area contributed by atoms with E-state index in [9.17, 15) is 9.90 Å². The molecule has 100 valence electrons. The third-order valence-corrected chi connectivity index (χ3v) is 3.08. The normalized spacial score (nSPS) is 12.1. The van der Waals surface area contributed by atoms with Crippen molar-refractivity contribution in [2.24, 2.45) is 5.92 Å².